The summed E-state index contributed by atoms with van der Waals surface area (Å²) in [5.41, 5.74) is 3.36. The van der Waals surface area contributed by atoms with Gasteiger partial charge in [0.25, 0.3) is 0 Å². The molecular formula is C16H23NO2. The lowest BCUT2D eigenvalue weighted by molar-refractivity contribution is -0.136. The summed E-state index contributed by atoms with van der Waals surface area (Å²) in [5, 5.41) is 8.85. The number of benzene rings is 1. The quantitative estimate of drug-likeness (QED) is 0.903. The molecule has 1 atom stereocenters. The van der Waals surface area contributed by atoms with Crippen LogP contribution in [0.25, 0.3) is 0 Å². The van der Waals surface area contributed by atoms with Crippen molar-refractivity contribution in [1.82, 2.24) is 0 Å². The molecule has 104 valence electrons. The second-order valence-corrected chi connectivity index (χ2v) is 5.44. The molecule has 1 N–H and O–H groups in total. The Balaban J connectivity index is 2.21. The number of rotatable bonds is 4. The third-order valence-electron chi connectivity index (χ3n) is 4.02. The van der Waals surface area contributed by atoms with E-state index in [0.717, 1.165) is 12.1 Å². The van der Waals surface area contributed by atoms with Gasteiger partial charge >= 0.3 is 5.97 Å². The van der Waals surface area contributed by atoms with Crippen molar-refractivity contribution in [3.63, 3.8) is 0 Å². The third kappa shape index (κ3) is 3.28. The van der Waals surface area contributed by atoms with Crippen molar-refractivity contribution in [3.05, 3.63) is 29.3 Å². The van der Waals surface area contributed by atoms with Crippen LogP contribution in [0.3, 0.4) is 0 Å². The van der Waals surface area contributed by atoms with Crippen molar-refractivity contribution in [2.45, 2.75) is 52.0 Å². The summed E-state index contributed by atoms with van der Waals surface area (Å²) in [6, 6.07) is 6.71. The van der Waals surface area contributed by atoms with E-state index in [-0.39, 0.29) is 6.42 Å². The monoisotopic (exact) mass is 261 g/mol. The maximum atomic E-state index is 10.8. The first-order valence-electron chi connectivity index (χ1n) is 7.19. The molecule has 1 fully saturated rings. The number of piperidine rings is 1. The van der Waals surface area contributed by atoms with E-state index in [4.69, 9.17) is 5.11 Å². The van der Waals surface area contributed by atoms with E-state index < -0.39 is 5.97 Å². The predicted octanol–water partition coefficient (Wildman–Crippen LogP) is 3.39. The number of anilines is 1. The number of aliphatic carboxylic acids is 1. The molecule has 3 heteroatoms. The molecule has 0 spiro atoms. The lowest BCUT2D eigenvalue weighted by Gasteiger charge is -2.38. The van der Waals surface area contributed by atoms with Crippen molar-refractivity contribution >= 4 is 11.7 Å². The molecule has 1 aromatic rings. The van der Waals surface area contributed by atoms with Crippen molar-refractivity contribution in [3.8, 4) is 0 Å². The van der Waals surface area contributed by atoms with Gasteiger partial charge in [-0.1, -0.05) is 19.1 Å². The minimum atomic E-state index is -0.767. The Labute approximate surface area is 115 Å². The van der Waals surface area contributed by atoms with Gasteiger partial charge in [0, 0.05) is 18.3 Å². The lowest BCUT2D eigenvalue weighted by atomic mass is 9.97. The molecule has 2 rings (SSSR count). The molecule has 3 nitrogen and oxygen atoms in total. The highest BCUT2D eigenvalue weighted by Crippen LogP contribution is 2.29. The summed E-state index contributed by atoms with van der Waals surface area (Å²) >= 11 is 0. The van der Waals surface area contributed by atoms with Crippen LogP contribution in [0.1, 0.15) is 43.7 Å². The summed E-state index contributed by atoms with van der Waals surface area (Å²) < 4.78 is 0. The van der Waals surface area contributed by atoms with Crippen LogP contribution >= 0.6 is 0 Å². The zero-order valence-electron chi connectivity index (χ0n) is 11.9. The number of hydrogen-bond donors (Lipinski definition) is 1. The Morgan fingerprint density at radius 2 is 2.21 bits per heavy atom. The van der Waals surface area contributed by atoms with E-state index in [2.05, 4.69) is 24.8 Å². The Morgan fingerprint density at radius 3 is 2.84 bits per heavy atom. The van der Waals surface area contributed by atoms with Gasteiger partial charge < -0.3 is 10.0 Å². The van der Waals surface area contributed by atoms with Gasteiger partial charge in [-0.2, -0.15) is 0 Å². The molecule has 1 unspecified atom stereocenters. The first-order valence-corrected chi connectivity index (χ1v) is 7.19. The Morgan fingerprint density at radius 1 is 1.42 bits per heavy atom. The summed E-state index contributed by atoms with van der Waals surface area (Å²) in [7, 11) is 0. The number of carbonyl (C=O) groups is 1. The van der Waals surface area contributed by atoms with Gasteiger partial charge in [-0.25, -0.2) is 0 Å². The van der Waals surface area contributed by atoms with Gasteiger partial charge in [-0.05, 0) is 49.8 Å². The fraction of sp³-hybridized carbons (Fsp3) is 0.562. The summed E-state index contributed by atoms with van der Waals surface area (Å²) in [5.74, 6) is -0.767. The Hall–Kier alpha value is -1.51. The van der Waals surface area contributed by atoms with Crippen molar-refractivity contribution in [2.24, 2.45) is 0 Å². The summed E-state index contributed by atoms with van der Waals surface area (Å²) in [6.07, 6.45) is 5.14. The van der Waals surface area contributed by atoms with Gasteiger partial charge in [0.15, 0.2) is 0 Å². The van der Waals surface area contributed by atoms with E-state index in [1.54, 1.807) is 0 Å². The highest BCUT2D eigenvalue weighted by molar-refractivity contribution is 5.71. The zero-order valence-corrected chi connectivity index (χ0v) is 11.9. The molecular weight excluding hydrogens is 238 g/mol. The minimum Gasteiger partial charge on any atom is -0.481 e. The normalized spacial score (nSPS) is 19.5. The first kappa shape index (κ1) is 13.9. The Kier molecular flexibility index (Phi) is 4.46. The van der Waals surface area contributed by atoms with E-state index in [1.165, 1.54) is 36.9 Å². The average molecular weight is 261 g/mol. The number of nitrogens with zero attached hydrogens (tertiary/aromatic N) is 1. The number of aryl methyl sites for hydroxylation is 1. The average Bonchev–Trinajstić information content (AvgIpc) is 2.38. The Bertz CT molecular complexity index is 456. The predicted molar refractivity (Wildman–Crippen MR) is 77.8 cm³/mol. The summed E-state index contributed by atoms with van der Waals surface area (Å²) in [6.45, 7) is 5.46. The molecule has 1 saturated heterocycles. The molecule has 0 aromatic heterocycles. The molecule has 0 bridgehead atoms. The minimum absolute atomic E-state index is 0.109. The van der Waals surface area contributed by atoms with Crippen LogP contribution < -0.4 is 4.90 Å². The van der Waals surface area contributed by atoms with Gasteiger partial charge in [0.2, 0.25) is 0 Å². The van der Waals surface area contributed by atoms with Crippen molar-refractivity contribution in [2.75, 3.05) is 11.4 Å². The smallest absolute Gasteiger partial charge is 0.307 e. The largest absolute Gasteiger partial charge is 0.481 e. The third-order valence-corrected chi connectivity index (χ3v) is 4.02. The van der Waals surface area contributed by atoms with E-state index in [9.17, 15) is 4.79 Å². The highest BCUT2D eigenvalue weighted by atomic mass is 16.4. The fourth-order valence-corrected chi connectivity index (χ4v) is 3.07. The van der Waals surface area contributed by atoms with Crippen LogP contribution in [0.15, 0.2) is 18.2 Å². The molecule has 19 heavy (non-hydrogen) atoms. The summed E-state index contributed by atoms with van der Waals surface area (Å²) in [4.78, 5) is 13.3. The molecule has 1 heterocycles. The fourth-order valence-electron chi connectivity index (χ4n) is 3.07. The first-order chi connectivity index (χ1) is 9.11. The van der Waals surface area contributed by atoms with Gasteiger partial charge in [0.1, 0.15) is 0 Å². The molecule has 0 amide bonds. The SMILES string of the molecule is CCC1CCCCN1c1ccc(CC(=O)O)cc1C. The second-order valence-electron chi connectivity index (χ2n) is 5.44. The maximum absolute atomic E-state index is 10.8. The van der Waals surface area contributed by atoms with E-state index in [1.807, 2.05) is 12.1 Å². The van der Waals surface area contributed by atoms with Crippen molar-refractivity contribution < 1.29 is 9.90 Å². The van der Waals surface area contributed by atoms with Gasteiger partial charge in [0.05, 0.1) is 6.42 Å². The standard InChI is InChI=1S/C16H23NO2/c1-3-14-6-4-5-9-17(14)15-8-7-13(10-12(15)2)11-16(18)19/h7-8,10,14H,3-6,9,11H2,1-2H3,(H,18,19). The van der Waals surface area contributed by atoms with Gasteiger partial charge in [-0.15, -0.1) is 0 Å². The van der Waals surface area contributed by atoms with Crippen LogP contribution in [-0.2, 0) is 11.2 Å². The molecule has 1 aliphatic heterocycles. The van der Waals surface area contributed by atoms with Crippen LogP contribution in [0.5, 0.6) is 0 Å². The van der Waals surface area contributed by atoms with E-state index >= 15 is 0 Å². The topological polar surface area (TPSA) is 40.5 Å². The molecule has 0 aliphatic carbocycles. The van der Waals surface area contributed by atoms with Crippen LogP contribution in [0.2, 0.25) is 0 Å². The van der Waals surface area contributed by atoms with Crippen molar-refractivity contribution in [1.29, 1.82) is 0 Å². The van der Waals surface area contributed by atoms with E-state index in [0.29, 0.717) is 6.04 Å². The zero-order chi connectivity index (χ0) is 13.8. The second kappa shape index (κ2) is 6.09. The highest BCUT2D eigenvalue weighted by Gasteiger charge is 2.22. The lowest BCUT2D eigenvalue weighted by Crippen LogP contribution is -2.39. The van der Waals surface area contributed by atoms with Crippen LogP contribution in [-0.4, -0.2) is 23.7 Å². The number of carboxylic acids is 1. The molecule has 1 aromatic carbocycles. The van der Waals surface area contributed by atoms with Crippen LogP contribution in [0.4, 0.5) is 5.69 Å². The van der Waals surface area contributed by atoms with Gasteiger partial charge in [-0.3, -0.25) is 4.79 Å². The molecule has 0 saturated carbocycles. The molecule has 1 aliphatic rings. The van der Waals surface area contributed by atoms with Crippen LogP contribution in [0, 0.1) is 6.92 Å². The maximum Gasteiger partial charge on any atom is 0.307 e. The number of carboxylic acid groups (broad SMARTS) is 1. The molecule has 0 radical (unpaired) electrons. The number of hydrogen-bond acceptors (Lipinski definition) is 2.